The van der Waals surface area contributed by atoms with E-state index in [1.165, 1.54) is 12.1 Å². The maximum Gasteiger partial charge on any atom is 0.414 e. The zero-order chi connectivity index (χ0) is 20.2. The lowest BCUT2D eigenvalue weighted by Crippen LogP contribution is -2.17. The number of aliphatic carboxylic acids is 2. The molecule has 0 amide bonds. The SMILES string of the molecule is COc1cccc(CNCCc2ccc(F)cc2)c1OC.O=C(O)C(=O)O. The highest BCUT2D eigenvalue weighted by Crippen LogP contribution is 2.30. The Bertz CT molecular complexity index is 736. The highest BCUT2D eigenvalue weighted by molar-refractivity contribution is 6.27. The summed E-state index contributed by atoms with van der Waals surface area (Å²) in [6.07, 6.45) is 0.854. The zero-order valence-corrected chi connectivity index (χ0v) is 15.1. The van der Waals surface area contributed by atoms with Crippen molar-refractivity contribution in [2.24, 2.45) is 0 Å². The molecule has 8 heteroatoms. The zero-order valence-electron chi connectivity index (χ0n) is 15.1. The number of hydrogen-bond acceptors (Lipinski definition) is 5. The molecule has 2 aromatic rings. The number of carbonyl (C=O) groups is 2. The van der Waals surface area contributed by atoms with Crippen molar-refractivity contribution in [2.75, 3.05) is 20.8 Å². The minimum atomic E-state index is -1.82. The van der Waals surface area contributed by atoms with Crippen LogP contribution < -0.4 is 14.8 Å². The summed E-state index contributed by atoms with van der Waals surface area (Å²) in [6.45, 7) is 1.51. The second kappa shape index (κ2) is 11.5. The van der Waals surface area contributed by atoms with Gasteiger partial charge in [-0.25, -0.2) is 14.0 Å². The lowest BCUT2D eigenvalue weighted by molar-refractivity contribution is -0.159. The van der Waals surface area contributed by atoms with E-state index in [1.807, 2.05) is 30.3 Å². The van der Waals surface area contributed by atoms with Gasteiger partial charge in [0.1, 0.15) is 5.82 Å². The summed E-state index contributed by atoms with van der Waals surface area (Å²) in [6, 6.07) is 12.4. The summed E-state index contributed by atoms with van der Waals surface area (Å²) in [4.78, 5) is 18.2. The van der Waals surface area contributed by atoms with E-state index in [-0.39, 0.29) is 5.82 Å². The first kappa shape index (κ1) is 21.9. The molecule has 0 unspecified atom stereocenters. The molecule has 0 aromatic heterocycles. The van der Waals surface area contributed by atoms with Gasteiger partial charge in [-0.3, -0.25) is 0 Å². The molecule has 3 N–H and O–H groups in total. The van der Waals surface area contributed by atoms with Crippen LogP contribution in [0.2, 0.25) is 0 Å². The third-order valence-corrected chi connectivity index (χ3v) is 3.49. The molecule has 0 saturated carbocycles. The fraction of sp³-hybridized carbons (Fsp3) is 0.263. The molecule has 0 radical (unpaired) electrons. The van der Waals surface area contributed by atoms with Gasteiger partial charge in [0.25, 0.3) is 0 Å². The van der Waals surface area contributed by atoms with E-state index in [2.05, 4.69) is 5.32 Å². The molecular formula is C19H22FNO6. The van der Waals surface area contributed by atoms with Crippen molar-refractivity contribution in [3.05, 3.63) is 59.4 Å². The second-order valence-electron chi connectivity index (χ2n) is 5.32. The van der Waals surface area contributed by atoms with Crippen LogP contribution in [0.4, 0.5) is 4.39 Å². The molecular weight excluding hydrogens is 357 g/mol. The van der Waals surface area contributed by atoms with Crippen molar-refractivity contribution in [3.63, 3.8) is 0 Å². The predicted molar refractivity (Wildman–Crippen MR) is 96.6 cm³/mol. The quantitative estimate of drug-likeness (QED) is 0.501. The topological polar surface area (TPSA) is 105 Å². The van der Waals surface area contributed by atoms with E-state index in [9.17, 15) is 4.39 Å². The van der Waals surface area contributed by atoms with E-state index in [4.69, 9.17) is 29.3 Å². The number of rotatable bonds is 7. The fourth-order valence-corrected chi connectivity index (χ4v) is 2.20. The van der Waals surface area contributed by atoms with E-state index >= 15 is 0 Å². The van der Waals surface area contributed by atoms with Gasteiger partial charge in [0.15, 0.2) is 11.5 Å². The molecule has 146 valence electrons. The number of ether oxygens (including phenoxy) is 2. The first-order chi connectivity index (χ1) is 12.9. The number of carboxylic acids is 2. The third kappa shape index (κ3) is 7.74. The van der Waals surface area contributed by atoms with Crippen molar-refractivity contribution in [2.45, 2.75) is 13.0 Å². The van der Waals surface area contributed by atoms with Crippen molar-refractivity contribution in [3.8, 4) is 11.5 Å². The fourth-order valence-electron chi connectivity index (χ4n) is 2.20. The van der Waals surface area contributed by atoms with E-state index in [0.29, 0.717) is 6.54 Å². The molecule has 0 heterocycles. The highest BCUT2D eigenvalue weighted by atomic mass is 19.1. The Morgan fingerprint density at radius 3 is 2.15 bits per heavy atom. The Kier molecular flexibility index (Phi) is 9.32. The highest BCUT2D eigenvalue weighted by Gasteiger charge is 2.08. The number of carboxylic acid groups (broad SMARTS) is 2. The average molecular weight is 379 g/mol. The maximum atomic E-state index is 12.8. The van der Waals surface area contributed by atoms with Gasteiger partial charge in [-0.05, 0) is 36.7 Å². The van der Waals surface area contributed by atoms with Crippen LogP contribution in [0.1, 0.15) is 11.1 Å². The summed E-state index contributed by atoms with van der Waals surface area (Å²) in [5.74, 6) is -2.36. The summed E-state index contributed by atoms with van der Waals surface area (Å²) >= 11 is 0. The smallest absolute Gasteiger partial charge is 0.414 e. The lowest BCUT2D eigenvalue weighted by Gasteiger charge is -2.13. The summed E-state index contributed by atoms with van der Waals surface area (Å²) < 4.78 is 23.5. The number of benzene rings is 2. The summed E-state index contributed by atoms with van der Waals surface area (Å²) in [5, 5.41) is 18.1. The maximum absolute atomic E-state index is 12.8. The summed E-state index contributed by atoms with van der Waals surface area (Å²) in [7, 11) is 3.27. The average Bonchev–Trinajstić information content (AvgIpc) is 2.66. The van der Waals surface area contributed by atoms with Crippen molar-refractivity contribution in [1.29, 1.82) is 0 Å². The first-order valence-electron chi connectivity index (χ1n) is 8.00. The van der Waals surface area contributed by atoms with Crippen molar-refractivity contribution in [1.82, 2.24) is 5.32 Å². The Hall–Kier alpha value is -3.13. The molecule has 0 saturated heterocycles. The molecule has 0 aliphatic heterocycles. The van der Waals surface area contributed by atoms with Crippen LogP contribution >= 0.6 is 0 Å². The van der Waals surface area contributed by atoms with Crippen LogP contribution in [-0.2, 0) is 22.6 Å². The number of para-hydroxylation sites is 1. The molecule has 0 spiro atoms. The number of nitrogens with one attached hydrogen (secondary N) is 1. The molecule has 2 rings (SSSR count). The Labute approximate surface area is 156 Å². The molecule has 7 nitrogen and oxygen atoms in total. The standard InChI is InChI=1S/C17H20FNO2.C2H2O4/c1-20-16-5-3-4-14(17(16)21-2)12-19-11-10-13-6-8-15(18)9-7-13;3-1(4)2(5)6/h3-9,19H,10-12H2,1-2H3;(H,3,4)(H,5,6). The molecule has 0 fully saturated rings. The molecule has 2 aromatic carbocycles. The van der Waals surface area contributed by atoms with Crippen molar-refractivity contribution < 1.29 is 33.7 Å². The molecule has 0 bridgehead atoms. The van der Waals surface area contributed by atoms with Gasteiger partial charge in [0.2, 0.25) is 0 Å². The summed E-state index contributed by atoms with van der Waals surface area (Å²) in [5.41, 5.74) is 2.16. The van der Waals surface area contributed by atoms with Gasteiger partial charge in [-0.2, -0.15) is 0 Å². The van der Waals surface area contributed by atoms with Gasteiger partial charge < -0.3 is 25.0 Å². The second-order valence-corrected chi connectivity index (χ2v) is 5.32. The normalized spacial score (nSPS) is 9.74. The van der Waals surface area contributed by atoms with Crippen molar-refractivity contribution >= 4 is 11.9 Å². The Morgan fingerprint density at radius 2 is 1.63 bits per heavy atom. The first-order valence-corrected chi connectivity index (χ1v) is 8.00. The molecule has 0 atom stereocenters. The van der Waals surface area contributed by atoms with Gasteiger partial charge in [-0.15, -0.1) is 0 Å². The van der Waals surface area contributed by atoms with E-state index < -0.39 is 11.9 Å². The number of halogens is 1. The molecule has 0 aliphatic rings. The number of hydrogen-bond donors (Lipinski definition) is 3. The van der Waals surface area contributed by atoms with Crippen LogP contribution in [0, 0.1) is 5.82 Å². The largest absolute Gasteiger partial charge is 0.493 e. The van der Waals surface area contributed by atoms with E-state index in [1.54, 1.807) is 14.2 Å². The molecule has 27 heavy (non-hydrogen) atoms. The van der Waals surface area contributed by atoms with Crippen LogP contribution in [0.15, 0.2) is 42.5 Å². The van der Waals surface area contributed by atoms with Crippen LogP contribution in [0.25, 0.3) is 0 Å². The van der Waals surface area contributed by atoms with Crippen LogP contribution in [0.5, 0.6) is 11.5 Å². The third-order valence-electron chi connectivity index (χ3n) is 3.49. The van der Waals surface area contributed by atoms with Gasteiger partial charge in [0, 0.05) is 12.1 Å². The minimum Gasteiger partial charge on any atom is -0.493 e. The van der Waals surface area contributed by atoms with Crippen LogP contribution in [0.3, 0.4) is 0 Å². The van der Waals surface area contributed by atoms with Gasteiger partial charge in [0.05, 0.1) is 14.2 Å². The van der Waals surface area contributed by atoms with E-state index in [0.717, 1.165) is 35.6 Å². The Balaban J connectivity index is 0.000000527. The lowest BCUT2D eigenvalue weighted by atomic mass is 10.1. The monoisotopic (exact) mass is 379 g/mol. The Morgan fingerprint density at radius 1 is 1.00 bits per heavy atom. The predicted octanol–water partition coefficient (Wildman–Crippen LogP) is 2.33. The van der Waals surface area contributed by atoms with Crippen LogP contribution in [-0.4, -0.2) is 42.9 Å². The number of methoxy groups -OCH3 is 2. The molecule has 0 aliphatic carbocycles. The van der Waals surface area contributed by atoms with Gasteiger partial charge in [-0.1, -0.05) is 24.3 Å². The van der Waals surface area contributed by atoms with Gasteiger partial charge >= 0.3 is 11.9 Å². The minimum absolute atomic E-state index is 0.201.